The molecular weight excluding hydrogens is 280 g/mol. The summed E-state index contributed by atoms with van der Waals surface area (Å²) < 4.78 is 10.8. The minimum Gasteiger partial charge on any atom is -0.497 e. The lowest BCUT2D eigenvalue weighted by molar-refractivity contribution is -0.135. The van der Waals surface area contributed by atoms with Gasteiger partial charge in [0.15, 0.2) is 0 Å². The Hall–Kier alpha value is -1.75. The number of carbonyl (C=O) groups excluding carboxylic acids is 1. The van der Waals surface area contributed by atoms with Gasteiger partial charge in [-0.05, 0) is 49.6 Å². The number of hydrogen-bond donors (Lipinski definition) is 1. The van der Waals surface area contributed by atoms with E-state index in [1.165, 1.54) is 0 Å². The van der Waals surface area contributed by atoms with Crippen LogP contribution in [0.5, 0.6) is 11.5 Å². The number of carbonyl (C=O) groups is 1. The molecule has 22 heavy (non-hydrogen) atoms. The highest BCUT2D eigenvalue weighted by atomic mass is 16.5. The van der Waals surface area contributed by atoms with Crippen LogP contribution < -0.4 is 15.2 Å². The zero-order valence-electron chi connectivity index (χ0n) is 13.5. The van der Waals surface area contributed by atoms with Gasteiger partial charge < -0.3 is 20.1 Å². The van der Waals surface area contributed by atoms with E-state index in [-0.39, 0.29) is 11.8 Å². The molecule has 1 amide bonds. The Labute approximate surface area is 132 Å². The van der Waals surface area contributed by atoms with Gasteiger partial charge in [0.25, 0.3) is 0 Å². The van der Waals surface area contributed by atoms with Crippen molar-refractivity contribution < 1.29 is 14.3 Å². The van der Waals surface area contributed by atoms with Crippen LogP contribution in [-0.4, -0.2) is 44.7 Å². The summed E-state index contributed by atoms with van der Waals surface area (Å²) in [6, 6.07) is 7.44. The van der Waals surface area contributed by atoms with Crippen molar-refractivity contribution in [2.75, 3.05) is 33.9 Å². The van der Waals surface area contributed by atoms with E-state index in [9.17, 15) is 4.79 Å². The lowest BCUT2D eigenvalue weighted by Crippen LogP contribution is -2.38. The molecule has 0 bridgehead atoms. The zero-order chi connectivity index (χ0) is 15.9. The van der Waals surface area contributed by atoms with Gasteiger partial charge in [0.2, 0.25) is 5.91 Å². The molecule has 2 N–H and O–H groups in total. The van der Waals surface area contributed by atoms with Crippen molar-refractivity contribution >= 4 is 5.91 Å². The molecule has 2 rings (SSSR count). The molecule has 0 saturated heterocycles. The molecule has 1 aliphatic carbocycles. The lowest BCUT2D eigenvalue weighted by Gasteiger charge is -2.24. The Kier molecular flexibility index (Phi) is 6.07. The van der Waals surface area contributed by atoms with Gasteiger partial charge in [0.1, 0.15) is 18.1 Å². The topological polar surface area (TPSA) is 64.8 Å². The monoisotopic (exact) mass is 306 g/mol. The van der Waals surface area contributed by atoms with E-state index >= 15 is 0 Å². The first-order chi connectivity index (χ1) is 10.7. The Morgan fingerprint density at radius 2 is 1.95 bits per heavy atom. The summed E-state index contributed by atoms with van der Waals surface area (Å²) in [7, 11) is 3.47. The average Bonchev–Trinajstić information content (AvgIpc) is 3.03. The number of nitrogens with two attached hydrogens (primary N) is 1. The van der Waals surface area contributed by atoms with Crippen LogP contribution in [0.3, 0.4) is 0 Å². The summed E-state index contributed by atoms with van der Waals surface area (Å²) in [5, 5.41) is 0. The first-order valence-corrected chi connectivity index (χ1v) is 7.87. The Bertz CT molecular complexity index is 475. The molecule has 0 heterocycles. The zero-order valence-corrected chi connectivity index (χ0v) is 13.5. The van der Waals surface area contributed by atoms with Gasteiger partial charge in [0.05, 0.1) is 13.7 Å². The summed E-state index contributed by atoms with van der Waals surface area (Å²) >= 11 is 0. The Balaban J connectivity index is 1.76. The number of rotatable bonds is 7. The highest BCUT2D eigenvalue weighted by Crippen LogP contribution is 2.32. The number of likely N-dealkylation sites (N-methyl/N-ethyl adjacent to an activating group) is 1. The third kappa shape index (κ3) is 4.13. The molecule has 1 fully saturated rings. The van der Waals surface area contributed by atoms with Gasteiger partial charge in [-0.2, -0.15) is 0 Å². The SMILES string of the molecule is COc1ccc(OCCN(C)C(=O)[C@@H]2CCC[C@@H]2CN)cc1. The minimum atomic E-state index is 0.0935. The van der Waals surface area contributed by atoms with Crippen LogP contribution >= 0.6 is 0 Å². The highest BCUT2D eigenvalue weighted by molar-refractivity contribution is 5.79. The molecule has 1 aliphatic rings. The second-order valence-electron chi connectivity index (χ2n) is 5.82. The second kappa shape index (κ2) is 8.03. The Morgan fingerprint density at radius 1 is 1.27 bits per heavy atom. The van der Waals surface area contributed by atoms with Gasteiger partial charge in [-0.3, -0.25) is 4.79 Å². The van der Waals surface area contributed by atoms with Gasteiger partial charge >= 0.3 is 0 Å². The van der Waals surface area contributed by atoms with Crippen LogP contribution in [0.15, 0.2) is 24.3 Å². The third-order valence-corrected chi connectivity index (χ3v) is 4.41. The molecule has 2 atom stereocenters. The predicted octanol–water partition coefficient (Wildman–Crippen LogP) is 1.91. The molecule has 122 valence electrons. The highest BCUT2D eigenvalue weighted by Gasteiger charge is 2.33. The largest absolute Gasteiger partial charge is 0.497 e. The molecule has 0 radical (unpaired) electrons. The third-order valence-electron chi connectivity index (χ3n) is 4.41. The van der Waals surface area contributed by atoms with E-state index in [1.807, 2.05) is 31.3 Å². The van der Waals surface area contributed by atoms with Crippen LogP contribution in [-0.2, 0) is 4.79 Å². The molecule has 0 spiro atoms. The van der Waals surface area contributed by atoms with E-state index in [4.69, 9.17) is 15.2 Å². The first-order valence-electron chi connectivity index (χ1n) is 7.87. The van der Waals surface area contributed by atoms with Crippen molar-refractivity contribution in [2.45, 2.75) is 19.3 Å². The van der Waals surface area contributed by atoms with Gasteiger partial charge in [-0.15, -0.1) is 0 Å². The maximum Gasteiger partial charge on any atom is 0.225 e. The fourth-order valence-electron chi connectivity index (χ4n) is 3.01. The molecule has 1 aromatic carbocycles. The van der Waals surface area contributed by atoms with E-state index < -0.39 is 0 Å². The van der Waals surface area contributed by atoms with Crippen molar-refractivity contribution in [3.63, 3.8) is 0 Å². The van der Waals surface area contributed by atoms with Gasteiger partial charge in [-0.1, -0.05) is 6.42 Å². The summed E-state index contributed by atoms with van der Waals surface area (Å²) in [5.41, 5.74) is 5.76. The maximum absolute atomic E-state index is 12.4. The average molecular weight is 306 g/mol. The predicted molar refractivity (Wildman–Crippen MR) is 86.0 cm³/mol. The number of nitrogens with zero attached hydrogens (tertiary/aromatic N) is 1. The van der Waals surface area contributed by atoms with Crippen LogP contribution in [0.2, 0.25) is 0 Å². The molecule has 5 heteroatoms. The number of amides is 1. The van der Waals surface area contributed by atoms with E-state index in [0.29, 0.717) is 25.6 Å². The van der Waals surface area contributed by atoms with Crippen LogP contribution in [0.25, 0.3) is 0 Å². The van der Waals surface area contributed by atoms with Crippen LogP contribution in [0.1, 0.15) is 19.3 Å². The van der Waals surface area contributed by atoms with Crippen LogP contribution in [0, 0.1) is 11.8 Å². The first kappa shape index (κ1) is 16.6. The number of hydrogen-bond acceptors (Lipinski definition) is 4. The van der Waals surface area contributed by atoms with Crippen molar-refractivity contribution in [3.05, 3.63) is 24.3 Å². The smallest absolute Gasteiger partial charge is 0.225 e. The molecule has 0 aromatic heterocycles. The van der Waals surface area contributed by atoms with E-state index in [0.717, 1.165) is 30.8 Å². The molecule has 1 saturated carbocycles. The molecule has 0 unspecified atom stereocenters. The molecule has 0 aliphatic heterocycles. The second-order valence-corrected chi connectivity index (χ2v) is 5.82. The summed E-state index contributed by atoms with van der Waals surface area (Å²) in [6.07, 6.45) is 3.14. The minimum absolute atomic E-state index is 0.0935. The Morgan fingerprint density at radius 3 is 2.59 bits per heavy atom. The standard InChI is InChI=1S/C17H26N2O3/c1-19(17(20)16-5-3-4-13(16)12-18)10-11-22-15-8-6-14(21-2)7-9-15/h6-9,13,16H,3-5,10-12,18H2,1-2H3/t13-,16-/m1/s1. The van der Waals surface area contributed by atoms with Crippen molar-refractivity contribution in [1.82, 2.24) is 4.90 Å². The lowest BCUT2D eigenvalue weighted by atomic mass is 9.95. The molecule has 5 nitrogen and oxygen atoms in total. The maximum atomic E-state index is 12.4. The quantitative estimate of drug-likeness (QED) is 0.836. The normalized spacial score (nSPS) is 20.7. The van der Waals surface area contributed by atoms with E-state index in [2.05, 4.69) is 0 Å². The molecular formula is C17H26N2O3. The van der Waals surface area contributed by atoms with Gasteiger partial charge in [0, 0.05) is 13.0 Å². The van der Waals surface area contributed by atoms with Crippen molar-refractivity contribution in [1.29, 1.82) is 0 Å². The summed E-state index contributed by atoms with van der Waals surface area (Å²) in [6.45, 7) is 1.67. The number of benzene rings is 1. The van der Waals surface area contributed by atoms with E-state index in [1.54, 1.807) is 12.0 Å². The van der Waals surface area contributed by atoms with Gasteiger partial charge in [-0.25, -0.2) is 0 Å². The summed E-state index contributed by atoms with van der Waals surface area (Å²) in [5.74, 6) is 2.22. The fourth-order valence-corrected chi connectivity index (χ4v) is 3.01. The fraction of sp³-hybridized carbons (Fsp3) is 0.588. The van der Waals surface area contributed by atoms with Crippen LogP contribution in [0.4, 0.5) is 0 Å². The molecule has 1 aromatic rings. The number of ether oxygens (including phenoxy) is 2. The summed E-state index contributed by atoms with van der Waals surface area (Å²) in [4.78, 5) is 14.2. The number of methoxy groups -OCH3 is 1. The van der Waals surface area contributed by atoms with Crippen molar-refractivity contribution in [2.24, 2.45) is 17.6 Å². The van der Waals surface area contributed by atoms with Crippen molar-refractivity contribution in [3.8, 4) is 11.5 Å².